The van der Waals surface area contributed by atoms with Gasteiger partial charge in [0.2, 0.25) is 0 Å². The van der Waals surface area contributed by atoms with Crippen LogP contribution in [0.5, 0.6) is 0 Å². The van der Waals surface area contributed by atoms with Gasteiger partial charge in [-0.25, -0.2) is 20.0 Å². The number of amidine groups is 2. The molecule has 11 heteroatoms. The predicted octanol–water partition coefficient (Wildman–Crippen LogP) is 2.48. The molecule has 22 heavy (non-hydrogen) atoms. The zero-order chi connectivity index (χ0) is 16.4. The molecule has 3 unspecified atom stereocenters. The molecule has 0 fully saturated rings. The van der Waals surface area contributed by atoms with Crippen molar-refractivity contribution in [2.24, 2.45) is 36.7 Å². The van der Waals surface area contributed by atoms with E-state index in [9.17, 15) is 0 Å². The molecule has 0 aromatic rings. The Morgan fingerprint density at radius 3 is 2.50 bits per heavy atom. The van der Waals surface area contributed by atoms with E-state index >= 15 is 0 Å². The van der Waals surface area contributed by atoms with E-state index in [1.807, 2.05) is 13.8 Å². The highest BCUT2D eigenvalue weighted by atomic mass is 17.2. The minimum absolute atomic E-state index is 0.0925. The smallest absolute Gasteiger partial charge is 0.160 e. The average Bonchev–Trinajstić information content (AvgIpc) is 2.47. The Kier molecular flexibility index (Phi) is 4.28. The molecule has 0 radical (unpaired) electrons. The normalized spacial score (nSPS) is 35.3. The third-order valence-corrected chi connectivity index (χ3v) is 3.99. The van der Waals surface area contributed by atoms with Gasteiger partial charge in [0.25, 0.3) is 0 Å². The van der Waals surface area contributed by atoms with Gasteiger partial charge in [0, 0.05) is 12.1 Å². The van der Waals surface area contributed by atoms with Crippen LogP contribution in [-0.2, 0) is 9.98 Å². The van der Waals surface area contributed by atoms with Crippen LogP contribution in [0.3, 0.4) is 0 Å². The van der Waals surface area contributed by atoms with Crippen molar-refractivity contribution in [1.29, 1.82) is 5.41 Å². The number of rotatable bonds is 4. The first-order valence-electron chi connectivity index (χ1n) is 6.56. The van der Waals surface area contributed by atoms with Crippen LogP contribution in [0, 0.1) is 11.3 Å². The fourth-order valence-electron chi connectivity index (χ4n) is 2.69. The predicted molar refractivity (Wildman–Crippen MR) is 74.9 cm³/mol. The largest absolute Gasteiger partial charge is 0.284 e. The third kappa shape index (κ3) is 2.72. The van der Waals surface area contributed by atoms with Gasteiger partial charge in [-0.1, -0.05) is 6.92 Å². The molecular weight excluding hydrogens is 294 g/mol. The molecule has 0 aliphatic carbocycles. The first-order chi connectivity index (χ1) is 10.4. The molecule has 2 aliphatic rings. The SMILES string of the molecule is CC1=NC2=NC(=N)C(C)(N=NOO)CC2(N=NOO)CC1C. The van der Waals surface area contributed by atoms with Crippen LogP contribution in [0.4, 0.5) is 0 Å². The molecule has 0 spiro atoms. The van der Waals surface area contributed by atoms with Gasteiger partial charge in [0.15, 0.2) is 11.7 Å². The molecule has 3 atom stereocenters. The molecule has 0 aromatic heterocycles. The van der Waals surface area contributed by atoms with E-state index in [0.717, 1.165) is 5.71 Å². The fourth-order valence-corrected chi connectivity index (χ4v) is 2.69. The highest BCUT2D eigenvalue weighted by Crippen LogP contribution is 2.41. The molecule has 11 nitrogen and oxygen atoms in total. The summed E-state index contributed by atoms with van der Waals surface area (Å²) in [6, 6.07) is 0. The Labute approximate surface area is 125 Å². The summed E-state index contributed by atoms with van der Waals surface area (Å²) < 4.78 is 0. The lowest BCUT2D eigenvalue weighted by molar-refractivity contribution is -0.253. The number of aliphatic imine (C=N–C) groups is 2. The van der Waals surface area contributed by atoms with Gasteiger partial charge >= 0.3 is 0 Å². The fraction of sp³-hybridized carbons (Fsp3) is 0.727. The van der Waals surface area contributed by atoms with Gasteiger partial charge in [-0.05, 0) is 26.2 Å². The Bertz CT molecular complexity index is 587. The van der Waals surface area contributed by atoms with Gasteiger partial charge in [-0.15, -0.1) is 10.2 Å². The number of hydrogen-bond donors (Lipinski definition) is 3. The summed E-state index contributed by atoms with van der Waals surface area (Å²) >= 11 is 0. The molecular formula is C11H17N7O4. The van der Waals surface area contributed by atoms with Crippen molar-refractivity contribution >= 4 is 17.4 Å². The summed E-state index contributed by atoms with van der Waals surface area (Å²) in [6.45, 7) is 5.45. The van der Waals surface area contributed by atoms with E-state index in [2.05, 4.69) is 40.7 Å². The highest BCUT2D eigenvalue weighted by molar-refractivity contribution is 6.13. The summed E-state index contributed by atoms with van der Waals surface area (Å²) in [5, 5.41) is 38.9. The Morgan fingerprint density at radius 1 is 1.23 bits per heavy atom. The van der Waals surface area contributed by atoms with Crippen molar-refractivity contribution < 1.29 is 20.5 Å². The van der Waals surface area contributed by atoms with Gasteiger partial charge in [0.1, 0.15) is 11.1 Å². The minimum Gasteiger partial charge on any atom is -0.284 e. The quantitative estimate of drug-likeness (QED) is 0.414. The molecule has 2 heterocycles. The van der Waals surface area contributed by atoms with Crippen molar-refractivity contribution in [3.63, 3.8) is 0 Å². The monoisotopic (exact) mass is 311 g/mol. The van der Waals surface area contributed by atoms with Crippen LogP contribution >= 0.6 is 0 Å². The van der Waals surface area contributed by atoms with E-state index < -0.39 is 11.1 Å². The summed E-state index contributed by atoms with van der Waals surface area (Å²) in [4.78, 5) is 15.9. The lowest BCUT2D eigenvalue weighted by Crippen LogP contribution is -2.53. The zero-order valence-electron chi connectivity index (χ0n) is 12.4. The van der Waals surface area contributed by atoms with Crippen LogP contribution in [0.25, 0.3) is 0 Å². The second-order valence-electron chi connectivity index (χ2n) is 5.65. The van der Waals surface area contributed by atoms with Crippen molar-refractivity contribution in [2.45, 2.75) is 44.7 Å². The summed E-state index contributed by atoms with van der Waals surface area (Å²) in [7, 11) is 0. The van der Waals surface area contributed by atoms with Crippen molar-refractivity contribution in [2.75, 3.05) is 0 Å². The summed E-state index contributed by atoms with van der Waals surface area (Å²) in [5.74, 6) is 0.316. The highest BCUT2D eigenvalue weighted by Gasteiger charge is 2.53. The Balaban J connectivity index is 2.53. The topological polar surface area (TPSA) is 157 Å². The summed E-state index contributed by atoms with van der Waals surface area (Å²) in [5.41, 5.74) is -1.32. The van der Waals surface area contributed by atoms with E-state index in [4.69, 9.17) is 15.9 Å². The maximum Gasteiger partial charge on any atom is 0.160 e. The van der Waals surface area contributed by atoms with Crippen LogP contribution in [-0.4, -0.2) is 39.0 Å². The molecule has 0 aromatic carbocycles. The number of nitrogens with one attached hydrogen (secondary N) is 1. The van der Waals surface area contributed by atoms with Gasteiger partial charge in [0.05, 0.1) is 10.6 Å². The Hall–Kier alpha value is -2.27. The Morgan fingerprint density at radius 2 is 1.86 bits per heavy atom. The minimum atomic E-state index is -1.18. The second kappa shape index (κ2) is 5.85. The maximum atomic E-state index is 8.45. The standard InChI is InChI=1S/C11H17N7O4/c1-6-4-11(16-18-22-20)5-10(3,15-17-21-19)8(12)14-9(11)13-7(6)2/h6,12,19-20H,4-5H2,1-3H3. The summed E-state index contributed by atoms with van der Waals surface area (Å²) in [6.07, 6.45) is 0.672. The van der Waals surface area contributed by atoms with Gasteiger partial charge in [-0.3, -0.25) is 5.41 Å². The molecule has 0 saturated heterocycles. The molecule has 2 aliphatic heterocycles. The maximum absolute atomic E-state index is 8.45. The van der Waals surface area contributed by atoms with E-state index in [-0.39, 0.29) is 18.2 Å². The number of hydrogen-bond acceptors (Lipinski definition) is 10. The van der Waals surface area contributed by atoms with Crippen LogP contribution in [0.1, 0.15) is 33.6 Å². The van der Waals surface area contributed by atoms with Crippen LogP contribution in [0.15, 0.2) is 30.8 Å². The first kappa shape index (κ1) is 16.1. The molecule has 3 N–H and O–H groups in total. The molecule has 0 amide bonds. The zero-order valence-corrected chi connectivity index (χ0v) is 12.4. The average molecular weight is 311 g/mol. The van der Waals surface area contributed by atoms with Crippen molar-refractivity contribution in [1.82, 2.24) is 0 Å². The van der Waals surface area contributed by atoms with Gasteiger partial charge in [-0.2, -0.15) is 10.5 Å². The molecule has 0 saturated carbocycles. The lowest BCUT2D eigenvalue weighted by Gasteiger charge is -2.41. The van der Waals surface area contributed by atoms with Crippen LogP contribution < -0.4 is 0 Å². The lowest BCUT2D eigenvalue weighted by atomic mass is 9.73. The number of fused-ring (bicyclic) bond motifs is 1. The molecule has 2 rings (SSSR count). The van der Waals surface area contributed by atoms with Gasteiger partial charge < -0.3 is 0 Å². The first-order valence-corrected chi connectivity index (χ1v) is 6.56. The van der Waals surface area contributed by atoms with Crippen molar-refractivity contribution in [3.8, 4) is 0 Å². The molecule has 120 valence electrons. The van der Waals surface area contributed by atoms with Crippen molar-refractivity contribution in [3.05, 3.63) is 0 Å². The molecule has 0 bridgehead atoms. The van der Waals surface area contributed by atoms with E-state index in [0.29, 0.717) is 12.3 Å². The second-order valence-corrected chi connectivity index (χ2v) is 5.65. The third-order valence-electron chi connectivity index (χ3n) is 3.99. The van der Waals surface area contributed by atoms with Crippen LogP contribution in [0.2, 0.25) is 0 Å². The van der Waals surface area contributed by atoms with E-state index in [1.54, 1.807) is 6.92 Å². The number of nitrogens with zero attached hydrogens (tertiary/aromatic N) is 6. The van der Waals surface area contributed by atoms with E-state index in [1.165, 1.54) is 0 Å².